The SMILES string of the molecule is CCOc1cc(/C=C2/SC(=Nc3cccc(C(=O)O)c3)N(C)C2=O)ccc1OCc1ccc(Br)cc1. The minimum Gasteiger partial charge on any atom is -0.490 e. The van der Waals surface area contributed by atoms with E-state index in [1.807, 2.05) is 49.4 Å². The number of likely N-dealkylation sites (N-methyl/N-ethyl adjacent to an activating group) is 1. The zero-order valence-electron chi connectivity index (χ0n) is 19.6. The molecule has 7 nitrogen and oxygen atoms in total. The molecule has 1 saturated heterocycles. The predicted octanol–water partition coefficient (Wildman–Crippen LogP) is 6.36. The number of amides is 1. The van der Waals surface area contributed by atoms with E-state index in [9.17, 15) is 14.7 Å². The van der Waals surface area contributed by atoms with Gasteiger partial charge in [0.1, 0.15) is 6.61 Å². The van der Waals surface area contributed by atoms with Crippen LogP contribution in [0, 0.1) is 0 Å². The summed E-state index contributed by atoms with van der Waals surface area (Å²) in [5, 5.41) is 9.67. The molecule has 0 aromatic heterocycles. The van der Waals surface area contributed by atoms with E-state index >= 15 is 0 Å². The second-order valence-corrected chi connectivity index (χ2v) is 9.70. The van der Waals surface area contributed by atoms with Crippen LogP contribution in [0.25, 0.3) is 6.08 Å². The number of hydrogen-bond donors (Lipinski definition) is 1. The number of amidine groups is 1. The number of thioether (sulfide) groups is 1. The van der Waals surface area contributed by atoms with Gasteiger partial charge < -0.3 is 14.6 Å². The van der Waals surface area contributed by atoms with Gasteiger partial charge in [-0.1, -0.05) is 40.2 Å². The lowest BCUT2D eigenvalue weighted by Gasteiger charge is -2.13. The molecule has 3 aromatic carbocycles. The average molecular weight is 567 g/mol. The molecule has 0 spiro atoms. The number of benzene rings is 3. The largest absolute Gasteiger partial charge is 0.490 e. The lowest BCUT2D eigenvalue weighted by Crippen LogP contribution is -2.23. The maximum Gasteiger partial charge on any atom is 0.335 e. The van der Waals surface area contributed by atoms with Crippen LogP contribution in [0.3, 0.4) is 0 Å². The van der Waals surface area contributed by atoms with Crippen LogP contribution in [0.15, 0.2) is 81.1 Å². The first-order valence-electron chi connectivity index (χ1n) is 11.1. The minimum atomic E-state index is -1.03. The highest BCUT2D eigenvalue weighted by molar-refractivity contribution is 9.10. The van der Waals surface area contributed by atoms with Crippen LogP contribution in [-0.2, 0) is 11.4 Å². The summed E-state index contributed by atoms with van der Waals surface area (Å²) in [6, 6.07) is 19.7. The van der Waals surface area contributed by atoms with E-state index in [0.29, 0.717) is 40.5 Å². The van der Waals surface area contributed by atoms with E-state index in [1.54, 1.807) is 25.3 Å². The first-order valence-corrected chi connectivity index (χ1v) is 12.7. The van der Waals surface area contributed by atoms with Crippen molar-refractivity contribution in [3.8, 4) is 11.5 Å². The van der Waals surface area contributed by atoms with Gasteiger partial charge in [0, 0.05) is 11.5 Å². The van der Waals surface area contributed by atoms with Crippen molar-refractivity contribution in [2.45, 2.75) is 13.5 Å². The fourth-order valence-electron chi connectivity index (χ4n) is 3.37. The number of rotatable bonds is 8. The van der Waals surface area contributed by atoms with Crippen molar-refractivity contribution in [2.75, 3.05) is 13.7 Å². The average Bonchev–Trinajstić information content (AvgIpc) is 3.12. The van der Waals surface area contributed by atoms with Crippen LogP contribution in [0.5, 0.6) is 11.5 Å². The van der Waals surface area contributed by atoms with Gasteiger partial charge in [0.15, 0.2) is 16.7 Å². The highest BCUT2D eigenvalue weighted by Crippen LogP contribution is 2.35. The molecule has 1 aliphatic heterocycles. The van der Waals surface area contributed by atoms with Crippen molar-refractivity contribution in [1.82, 2.24) is 4.90 Å². The maximum atomic E-state index is 12.8. The fraction of sp³-hybridized carbons (Fsp3) is 0.148. The number of aromatic carboxylic acids is 1. The number of halogens is 1. The van der Waals surface area contributed by atoms with Gasteiger partial charge in [-0.3, -0.25) is 9.69 Å². The Morgan fingerprint density at radius 3 is 2.58 bits per heavy atom. The summed E-state index contributed by atoms with van der Waals surface area (Å²) in [5.41, 5.74) is 2.41. The van der Waals surface area contributed by atoms with E-state index in [1.165, 1.54) is 28.8 Å². The van der Waals surface area contributed by atoms with Gasteiger partial charge in [-0.15, -0.1) is 0 Å². The summed E-state index contributed by atoms with van der Waals surface area (Å²) >= 11 is 4.66. The molecular formula is C27H23BrN2O5S. The molecule has 1 fully saturated rings. The summed E-state index contributed by atoms with van der Waals surface area (Å²) in [5.74, 6) is -0.0192. The van der Waals surface area contributed by atoms with Crippen molar-refractivity contribution in [3.63, 3.8) is 0 Å². The van der Waals surface area contributed by atoms with E-state index in [-0.39, 0.29) is 11.5 Å². The zero-order chi connectivity index (χ0) is 25.7. The molecule has 184 valence electrons. The maximum absolute atomic E-state index is 12.8. The first kappa shape index (κ1) is 25.5. The number of carbonyl (C=O) groups is 2. The summed E-state index contributed by atoms with van der Waals surface area (Å²) in [4.78, 5) is 30.5. The number of aliphatic imine (C=N–C) groups is 1. The van der Waals surface area contributed by atoms with Crippen molar-refractivity contribution < 1.29 is 24.2 Å². The smallest absolute Gasteiger partial charge is 0.335 e. The summed E-state index contributed by atoms with van der Waals surface area (Å²) < 4.78 is 12.8. The summed E-state index contributed by atoms with van der Waals surface area (Å²) in [6.45, 7) is 2.77. The third kappa shape index (κ3) is 6.16. The van der Waals surface area contributed by atoms with E-state index in [2.05, 4.69) is 20.9 Å². The van der Waals surface area contributed by atoms with E-state index in [4.69, 9.17) is 9.47 Å². The molecule has 1 heterocycles. The lowest BCUT2D eigenvalue weighted by atomic mass is 10.1. The molecule has 0 saturated carbocycles. The topological polar surface area (TPSA) is 88.4 Å². The van der Waals surface area contributed by atoms with Crippen LogP contribution in [0.2, 0.25) is 0 Å². The molecule has 9 heteroatoms. The second kappa shape index (κ2) is 11.5. The predicted molar refractivity (Wildman–Crippen MR) is 145 cm³/mol. The summed E-state index contributed by atoms with van der Waals surface area (Å²) in [6.07, 6.45) is 1.78. The van der Waals surface area contributed by atoms with Gasteiger partial charge in [0.05, 0.1) is 22.8 Å². The highest BCUT2D eigenvalue weighted by Gasteiger charge is 2.30. The van der Waals surface area contributed by atoms with Crippen LogP contribution in [0.4, 0.5) is 5.69 Å². The Kier molecular flexibility index (Phi) is 8.12. The Morgan fingerprint density at radius 1 is 1.08 bits per heavy atom. The Balaban J connectivity index is 1.54. The van der Waals surface area contributed by atoms with E-state index < -0.39 is 5.97 Å². The van der Waals surface area contributed by atoms with Gasteiger partial charge in [0.2, 0.25) is 0 Å². The van der Waals surface area contributed by atoms with Gasteiger partial charge in [-0.2, -0.15) is 0 Å². The monoisotopic (exact) mass is 566 g/mol. The number of carboxylic acids is 1. The highest BCUT2D eigenvalue weighted by atomic mass is 79.9. The molecule has 0 radical (unpaired) electrons. The van der Waals surface area contributed by atoms with Crippen molar-refractivity contribution in [2.24, 2.45) is 4.99 Å². The number of nitrogens with zero attached hydrogens (tertiary/aromatic N) is 2. The van der Waals surface area contributed by atoms with Crippen LogP contribution in [0.1, 0.15) is 28.4 Å². The fourth-order valence-corrected chi connectivity index (χ4v) is 4.62. The molecule has 0 aliphatic carbocycles. The molecule has 1 N–H and O–H groups in total. The quantitative estimate of drug-likeness (QED) is 0.319. The number of carbonyl (C=O) groups excluding carboxylic acids is 1. The molecule has 1 amide bonds. The molecular weight excluding hydrogens is 544 g/mol. The third-order valence-electron chi connectivity index (χ3n) is 5.19. The lowest BCUT2D eigenvalue weighted by molar-refractivity contribution is -0.121. The molecule has 0 atom stereocenters. The molecule has 1 aliphatic rings. The summed E-state index contributed by atoms with van der Waals surface area (Å²) in [7, 11) is 1.64. The molecule has 0 unspecified atom stereocenters. The Labute approximate surface area is 221 Å². The minimum absolute atomic E-state index is 0.135. The first-order chi connectivity index (χ1) is 17.3. The molecule has 0 bridgehead atoms. The Morgan fingerprint density at radius 2 is 1.86 bits per heavy atom. The van der Waals surface area contributed by atoms with Crippen LogP contribution >= 0.6 is 27.7 Å². The zero-order valence-corrected chi connectivity index (χ0v) is 22.0. The molecule has 3 aromatic rings. The Bertz CT molecular complexity index is 1350. The third-order valence-corrected chi connectivity index (χ3v) is 6.78. The van der Waals surface area contributed by atoms with Crippen molar-refractivity contribution >= 4 is 56.5 Å². The van der Waals surface area contributed by atoms with Crippen LogP contribution in [-0.4, -0.2) is 40.7 Å². The van der Waals surface area contributed by atoms with Gasteiger partial charge >= 0.3 is 5.97 Å². The molecule has 36 heavy (non-hydrogen) atoms. The number of carboxylic acid groups (broad SMARTS) is 1. The molecule has 4 rings (SSSR count). The normalized spacial score (nSPS) is 15.5. The standard InChI is InChI=1S/C27H23BrN2O5S/c1-3-34-23-13-18(9-12-22(23)35-16-17-7-10-20(28)11-8-17)14-24-25(31)30(2)27(36-24)29-21-6-4-5-19(15-21)26(32)33/h4-15H,3,16H2,1-2H3,(H,32,33)/b24-14+,29-27?. The van der Waals surface area contributed by atoms with Crippen LogP contribution < -0.4 is 9.47 Å². The van der Waals surface area contributed by atoms with Gasteiger partial charge in [0.25, 0.3) is 5.91 Å². The number of ether oxygens (including phenoxy) is 2. The van der Waals surface area contributed by atoms with Gasteiger partial charge in [-0.05, 0) is 78.4 Å². The van der Waals surface area contributed by atoms with E-state index in [0.717, 1.165) is 15.6 Å². The Hall–Kier alpha value is -3.56. The second-order valence-electron chi connectivity index (χ2n) is 7.78. The number of hydrogen-bond acceptors (Lipinski definition) is 6. The van der Waals surface area contributed by atoms with Crippen molar-refractivity contribution in [3.05, 3.63) is 92.8 Å². The van der Waals surface area contributed by atoms with Gasteiger partial charge in [-0.25, -0.2) is 9.79 Å². The van der Waals surface area contributed by atoms with Crippen molar-refractivity contribution in [1.29, 1.82) is 0 Å².